The summed E-state index contributed by atoms with van der Waals surface area (Å²) in [4.78, 5) is 34.1. The van der Waals surface area contributed by atoms with Crippen molar-refractivity contribution >= 4 is 34.8 Å². The minimum atomic E-state index is -0.131. The number of amides is 1. The van der Waals surface area contributed by atoms with Gasteiger partial charge in [0, 0.05) is 24.1 Å². The third kappa shape index (κ3) is 2.34. The number of aromatic nitrogens is 2. The largest absolute Gasteiger partial charge is 0.369 e. The molecular formula is C16H17ClN4O2S. The SMILES string of the molecule is Nc1nc2c(c(=O)[nH]1)CCC21CCN(C(=O)c2sccc2Cl)CC1. The third-order valence-electron chi connectivity index (χ3n) is 5.21. The third-order valence-corrected chi connectivity index (χ3v) is 6.54. The molecule has 1 aliphatic heterocycles. The van der Waals surface area contributed by atoms with E-state index in [9.17, 15) is 9.59 Å². The molecule has 8 heteroatoms. The number of halogens is 1. The Balaban J connectivity index is 1.57. The van der Waals surface area contributed by atoms with Crippen molar-refractivity contribution in [2.45, 2.75) is 31.1 Å². The fourth-order valence-corrected chi connectivity index (χ4v) is 4.99. The lowest BCUT2D eigenvalue weighted by Gasteiger charge is -2.39. The Kier molecular flexibility index (Phi) is 3.65. The van der Waals surface area contributed by atoms with Gasteiger partial charge in [-0.15, -0.1) is 11.3 Å². The number of nitrogens with two attached hydrogens (primary N) is 1. The summed E-state index contributed by atoms with van der Waals surface area (Å²) in [6, 6.07) is 1.75. The molecule has 1 amide bonds. The second-order valence-corrected chi connectivity index (χ2v) is 7.77. The predicted octanol–water partition coefficient (Wildman–Crippen LogP) is 2.19. The Morgan fingerprint density at radius 3 is 2.79 bits per heavy atom. The zero-order chi connectivity index (χ0) is 16.9. The summed E-state index contributed by atoms with van der Waals surface area (Å²) in [5, 5.41) is 2.34. The fraction of sp³-hybridized carbons (Fsp3) is 0.438. The smallest absolute Gasteiger partial charge is 0.265 e. The summed E-state index contributed by atoms with van der Waals surface area (Å²) in [5.41, 5.74) is 7.07. The number of aromatic amines is 1. The molecule has 126 valence electrons. The van der Waals surface area contributed by atoms with Gasteiger partial charge < -0.3 is 10.6 Å². The van der Waals surface area contributed by atoms with E-state index >= 15 is 0 Å². The van der Waals surface area contributed by atoms with E-state index in [0.29, 0.717) is 23.0 Å². The number of nitrogen functional groups attached to an aromatic ring is 1. The number of carbonyl (C=O) groups is 1. The van der Waals surface area contributed by atoms with Crippen LogP contribution in [0.3, 0.4) is 0 Å². The molecule has 0 saturated carbocycles. The molecule has 3 heterocycles. The normalized spacial score (nSPS) is 18.8. The maximum Gasteiger partial charge on any atom is 0.265 e. The average molecular weight is 365 g/mol. The molecule has 0 bridgehead atoms. The van der Waals surface area contributed by atoms with Crippen molar-refractivity contribution in [1.29, 1.82) is 0 Å². The van der Waals surface area contributed by atoms with Gasteiger partial charge in [-0.2, -0.15) is 0 Å². The molecule has 0 radical (unpaired) electrons. The maximum atomic E-state index is 12.6. The number of H-pyrrole nitrogens is 1. The van der Waals surface area contributed by atoms with E-state index in [0.717, 1.165) is 36.9 Å². The van der Waals surface area contributed by atoms with Gasteiger partial charge in [-0.3, -0.25) is 14.6 Å². The lowest BCUT2D eigenvalue weighted by molar-refractivity contribution is 0.0668. The molecule has 1 saturated heterocycles. The molecule has 4 rings (SSSR count). The van der Waals surface area contributed by atoms with Crippen molar-refractivity contribution < 1.29 is 4.79 Å². The van der Waals surface area contributed by atoms with Gasteiger partial charge in [-0.1, -0.05) is 11.6 Å². The molecule has 1 aliphatic carbocycles. The maximum absolute atomic E-state index is 12.6. The monoisotopic (exact) mass is 364 g/mol. The topological polar surface area (TPSA) is 92.1 Å². The van der Waals surface area contributed by atoms with Crippen LogP contribution < -0.4 is 11.3 Å². The predicted molar refractivity (Wildman–Crippen MR) is 93.7 cm³/mol. The number of rotatable bonds is 1. The first-order valence-corrected chi connectivity index (χ1v) is 9.17. The molecule has 2 aliphatic rings. The molecule has 1 spiro atoms. The first-order chi connectivity index (χ1) is 11.5. The Labute approximate surface area is 147 Å². The van der Waals surface area contributed by atoms with Crippen LogP contribution in [-0.4, -0.2) is 33.9 Å². The molecule has 0 atom stereocenters. The van der Waals surface area contributed by atoms with E-state index in [1.54, 1.807) is 6.07 Å². The first-order valence-electron chi connectivity index (χ1n) is 7.92. The van der Waals surface area contributed by atoms with Gasteiger partial charge in [0.25, 0.3) is 11.5 Å². The van der Waals surface area contributed by atoms with Gasteiger partial charge in [0.1, 0.15) is 4.88 Å². The highest BCUT2D eigenvalue weighted by atomic mass is 35.5. The first kappa shape index (κ1) is 15.7. The number of thiophene rings is 1. The highest BCUT2D eigenvalue weighted by Crippen LogP contribution is 2.44. The van der Waals surface area contributed by atoms with Gasteiger partial charge >= 0.3 is 0 Å². The van der Waals surface area contributed by atoms with Gasteiger partial charge in [0.2, 0.25) is 5.95 Å². The van der Waals surface area contributed by atoms with Crippen LogP contribution >= 0.6 is 22.9 Å². The van der Waals surface area contributed by atoms with Crippen molar-refractivity contribution in [3.8, 4) is 0 Å². The van der Waals surface area contributed by atoms with Crippen LogP contribution in [0, 0.1) is 0 Å². The van der Waals surface area contributed by atoms with Crippen LogP contribution in [-0.2, 0) is 11.8 Å². The van der Waals surface area contributed by atoms with Crippen molar-refractivity contribution in [3.05, 3.63) is 43.0 Å². The summed E-state index contributed by atoms with van der Waals surface area (Å²) in [7, 11) is 0. The summed E-state index contributed by atoms with van der Waals surface area (Å²) in [6.07, 6.45) is 3.21. The van der Waals surface area contributed by atoms with Crippen molar-refractivity contribution in [3.63, 3.8) is 0 Å². The highest BCUT2D eigenvalue weighted by Gasteiger charge is 2.44. The number of hydrogen-bond donors (Lipinski definition) is 2. The van der Waals surface area contributed by atoms with Crippen LogP contribution in [0.4, 0.5) is 5.95 Å². The summed E-state index contributed by atoms with van der Waals surface area (Å²) in [5.74, 6) is 0.158. The molecule has 2 aromatic heterocycles. The van der Waals surface area contributed by atoms with Crippen LogP contribution in [0.25, 0.3) is 0 Å². The Morgan fingerprint density at radius 1 is 1.38 bits per heavy atom. The van der Waals surface area contributed by atoms with Crippen LogP contribution in [0.2, 0.25) is 5.02 Å². The molecule has 24 heavy (non-hydrogen) atoms. The van der Waals surface area contributed by atoms with Crippen LogP contribution in [0.15, 0.2) is 16.2 Å². The molecule has 6 nitrogen and oxygen atoms in total. The van der Waals surface area contributed by atoms with Crippen LogP contribution in [0.1, 0.15) is 40.2 Å². The fourth-order valence-electron chi connectivity index (χ4n) is 3.88. The number of likely N-dealkylation sites (tertiary alicyclic amines) is 1. The van der Waals surface area contributed by atoms with Gasteiger partial charge in [-0.05, 0) is 37.1 Å². The van der Waals surface area contributed by atoms with E-state index in [1.807, 2.05) is 10.3 Å². The number of hydrogen-bond acceptors (Lipinski definition) is 5. The van der Waals surface area contributed by atoms with E-state index < -0.39 is 0 Å². The van der Waals surface area contributed by atoms with E-state index in [2.05, 4.69) is 9.97 Å². The molecule has 0 unspecified atom stereocenters. The average Bonchev–Trinajstić information content (AvgIpc) is 3.13. The second-order valence-electron chi connectivity index (χ2n) is 6.45. The van der Waals surface area contributed by atoms with E-state index in [1.165, 1.54) is 11.3 Å². The summed E-state index contributed by atoms with van der Waals surface area (Å²) in [6.45, 7) is 1.28. The summed E-state index contributed by atoms with van der Waals surface area (Å²) >= 11 is 7.45. The Morgan fingerprint density at radius 2 is 2.12 bits per heavy atom. The van der Waals surface area contributed by atoms with Crippen molar-refractivity contribution in [2.75, 3.05) is 18.8 Å². The molecular weight excluding hydrogens is 348 g/mol. The highest BCUT2D eigenvalue weighted by molar-refractivity contribution is 7.12. The minimum absolute atomic E-state index is 0.0125. The minimum Gasteiger partial charge on any atom is -0.369 e. The number of nitrogens with one attached hydrogen (secondary N) is 1. The lowest BCUT2D eigenvalue weighted by Crippen LogP contribution is -2.44. The second kappa shape index (κ2) is 5.60. The quantitative estimate of drug-likeness (QED) is 0.811. The van der Waals surface area contributed by atoms with Gasteiger partial charge in [0.15, 0.2) is 0 Å². The molecule has 2 aromatic rings. The molecule has 1 fully saturated rings. The zero-order valence-corrected chi connectivity index (χ0v) is 14.5. The standard InChI is InChI=1S/C16H17ClN4O2S/c17-10-2-8-24-11(10)14(23)21-6-4-16(5-7-21)3-1-9-12(16)19-15(18)20-13(9)22/h2,8H,1,3-7H2,(H3,18,19,20,22). The van der Waals surface area contributed by atoms with Crippen molar-refractivity contribution in [1.82, 2.24) is 14.9 Å². The molecule has 0 aromatic carbocycles. The van der Waals surface area contributed by atoms with E-state index in [-0.39, 0.29) is 22.8 Å². The summed E-state index contributed by atoms with van der Waals surface area (Å²) < 4.78 is 0. The van der Waals surface area contributed by atoms with E-state index in [4.69, 9.17) is 17.3 Å². The number of anilines is 1. The molecule has 3 N–H and O–H groups in total. The Bertz CT molecular complexity index is 867. The zero-order valence-electron chi connectivity index (χ0n) is 13.0. The van der Waals surface area contributed by atoms with Gasteiger partial charge in [-0.25, -0.2) is 4.98 Å². The van der Waals surface area contributed by atoms with Crippen LogP contribution in [0.5, 0.6) is 0 Å². The number of piperidine rings is 1. The van der Waals surface area contributed by atoms with Gasteiger partial charge in [0.05, 0.1) is 10.7 Å². The number of fused-ring (bicyclic) bond motifs is 2. The number of nitrogens with zero attached hydrogens (tertiary/aromatic N) is 2. The Hall–Kier alpha value is -1.86. The number of carbonyl (C=O) groups excluding carboxylic acids is 1. The lowest BCUT2D eigenvalue weighted by atomic mass is 9.76. The van der Waals surface area contributed by atoms with Crippen molar-refractivity contribution in [2.24, 2.45) is 0 Å².